The maximum absolute atomic E-state index is 12.1. The van der Waals surface area contributed by atoms with Crippen LogP contribution in [0.25, 0.3) is 11.4 Å². The van der Waals surface area contributed by atoms with E-state index < -0.39 is 10.8 Å². The van der Waals surface area contributed by atoms with E-state index in [1.54, 1.807) is 0 Å². The number of carbonyl (C=O) groups is 1. The van der Waals surface area contributed by atoms with Crippen molar-refractivity contribution < 1.29 is 9.72 Å². The molecule has 0 aliphatic carbocycles. The Morgan fingerprint density at radius 3 is 2.74 bits per heavy atom. The summed E-state index contributed by atoms with van der Waals surface area (Å²) in [5.41, 5.74) is 1.85. The molecule has 0 aliphatic heterocycles. The fourth-order valence-electron chi connectivity index (χ4n) is 2.24. The number of nitrogens with zero attached hydrogens (tertiary/aromatic N) is 3. The second-order valence-corrected chi connectivity index (χ2v) is 6.97. The summed E-state index contributed by atoms with van der Waals surface area (Å²) in [6.45, 7) is 1.99. The number of amides is 1. The Kier molecular flexibility index (Phi) is 5.72. The van der Waals surface area contributed by atoms with Gasteiger partial charge >= 0.3 is 0 Å². The standard InChI is InChI=1S/C17H14ClN5O3S/c1-10-2-4-11(5-3-10)16-20-17(22-21-16)27-9-15(24)19-13-8-12(18)6-7-14(13)23(25)26/h2-8H,9H2,1H3,(H,19,24)(H,20,21,22). The third-order valence-corrected chi connectivity index (χ3v) is 4.63. The number of nitrogens with one attached hydrogen (secondary N) is 2. The number of rotatable bonds is 6. The van der Waals surface area contributed by atoms with Gasteiger partial charge in [-0.25, -0.2) is 4.98 Å². The van der Waals surface area contributed by atoms with Crippen LogP contribution in [-0.2, 0) is 4.79 Å². The van der Waals surface area contributed by atoms with Gasteiger partial charge < -0.3 is 5.32 Å². The van der Waals surface area contributed by atoms with Gasteiger partial charge in [0.25, 0.3) is 5.69 Å². The van der Waals surface area contributed by atoms with E-state index in [9.17, 15) is 14.9 Å². The van der Waals surface area contributed by atoms with E-state index in [0.717, 1.165) is 22.9 Å². The number of benzene rings is 2. The van der Waals surface area contributed by atoms with Crippen LogP contribution in [0.5, 0.6) is 0 Å². The molecule has 1 amide bonds. The fourth-order valence-corrected chi connectivity index (χ4v) is 3.01. The van der Waals surface area contributed by atoms with Crippen molar-refractivity contribution >= 4 is 40.6 Å². The smallest absolute Gasteiger partial charge is 0.292 e. The van der Waals surface area contributed by atoms with Crippen molar-refractivity contribution in [3.63, 3.8) is 0 Å². The molecule has 0 saturated carbocycles. The van der Waals surface area contributed by atoms with Gasteiger partial charge in [-0.05, 0) is 19.1 Å². The van der Waals surface area contributed by atoms with Crippen LogP contribution in [0.15, 0.2) is 47.6 Å². The number of hydrogen-bond acceptors (Lipinski definition) is 6. The Morgan fingerprint density at radius 1 is 1.30 bits per heavy atom. The van der Waals surface area contributed by atoms with Crippen molar-refractivity contribution in [3.05, 3.63) is 63.2 Å². The second-order valence-electron chi connectivity index (χ2n) is 5.59. The molecule has 0 aliphatic rings. The molecule has 0 atom stereocenters. The lowest BCUT2D eigenvalue weighted by Gasteiger charge is -2.05. The molecular formula is C17H14ClN5O3S. The number of thioether (sulfide) groups is 1. The molecule has 0 bridgehead atoms. The Balaban J connectivity index is 1.63. The average Bonchev–Trinajstić information content (AvgIpc) is 3.09. The number of hydrogen-bond donors (Lipinski definition) is 2. The second kappa shape index (κ2) is 8.19. The molecule has 0 unspecified atom stereocenters. The number of aryl methyl sites for hydroxylation is 1. The summed E-state index contributed by atoms with van der Waals surface area (Å²) in [7, 11) is 0. The first kappa shape index (κ1) is 18.9. The maximum atomic E-state index is 12.1. The lowest BCUT2D eigenvalue weighted by molar-refractivity contribution is -0.383. The minimum atomic E-state index is -0.581. The molecule has 8 nitrogen and oxygen atoms in total. The average molecular weight is 404 g/mol. The van der Waals surface area contributed by atoms with Crippen molar-refractivity contribution in [1.82, 2.24) is 15.2 Å². The first-order valence-electron chi connectivity index (χ1n) is 7.78. The topological polar surface area (TPSA) is 114 Å². The molecule has 2 aromatic carbocycles. The third kappa shape index (κ3) is 4.83. The zero-order valence-electron chi connectivity index (χ0n) is 14.1. The van der Waals surface area contributed by atoms with Gasteiger partial charge in [-0.1, -0.05) is 53.2 Å². The predicted octanol–water partition coefficient (Wildman–Crippen LogP) is 4.07. The summed E-state index contributed by atoms with van der Waals surface area (Å²) in [5.74, 6) is 0.171. The lowest BCUT2D eigenvalue weighted by atomic mass is 10.1. The maximum Gasteiger partial charge on any atom is 0.292 e. The van der Waals surface area contributed by atoms with Gasteiger partial charge in [0.2, 0.25) is 11.1 Å². The summed E-state index contributed by atoms with van der Waals surface area (Å²) >= 11 is 6.96. The number of nitro groups is 1. The van der Waals surface area contributed by atoms with E-state index in [-0.39, 0.29) is 17.1 Å². The summed E-state index contributed by atoms with van der Waals surface area (Å²) < 4.78 is 0. The highest BCUT2D eigenvalue weighted by Gasteiger charge is 2.17. The normalized spacial score (nSPS) is 10.6. The van der Waals surface area contributed by atoms with Gasteiger partial charge in [0.05, 0.1) is 10.7 Å². The van der Waals surface area contributed by atoms with E-state index in [2.05, 4.69) is 20.5 Å². The molecule has 0 fully saturated rings. The van der Waals surface area contributed by atoms with E-state index in [1.165, 1.54) is 18.2 Å². The molecule has 0 spiro atoms. The number of aromatic amines is 1. The summed E-state index contributed by atoms with van der Waals surface area (Å²) in [4.78, 5) is 26.9. The van der Waals surface area contributed by atoms with Crippen LogP contribution >= 0.6 is 23.4 Å². The largest absolute Gasteiger partial charge is 0.320 e. The van der Waals surface area contributed by atoms with Crippen molar-refractivity contribution in [2.75, 3.05) is 11.1 Å². The van der Waals surface area contributed by atoms with Crippen molar-refractivity contribution in [2.24, 2.45) is 0 Å². The van der Waals surface area contributed by atoms with Crippen molar-refractivity contribution in [1.29, 1.82) is 0 Å². The predicted molar refractivity (Wildman–Crippen MR) is 104 cm³/mol. The minimum Gasteiger partial charge on any atom is -0.320 e. The van der Waals surface area contributed by atoms with Crippen LogP contribution < -0.4 is 5.32 Å². The SMILES string of the molecule is Cc1ccc(-c2nc(SCC(=O)Nc3cc(Cl)ccc3[N+](=O)[O-])n[nH]2)cc1. The molecule has 3 aromatic rings. The van der Waals surface area contributed by atoms with Gasteiger partial charge in [0.1, 0.15) is 5.69 Å². The zero-order chi connectivity index (χ0) is 19.4. The van der Waals surface area contributed by atoms with Gasteiger partial charge in [0.15, 0.2) is 5.82 Å². The van der Waals surface area contributed by atoms with Gasteiger partial charge in [-0.3, -0.25) is 20.0 Å². The van der Waals surface area contributed by atoms with Crippen molar-refractivity contribution in [2.45, 2.75) is 12.1 Å². The highest BCUT2D eigenvalue weighted by Crippen LogP contribution is 2.28. The Morgan fingerprint density at radius 2 is 2.04 bits per heavy atom. The zero-order valence-corrected chi connectivity index (χ0v) is 15.7. The van der Waals surface area contributed by atoms with Crippen LogP contribution in [0, 0.1) is 17.0 Å². The molecule has 10 heteroatoms. The molecule has 1 heterocycles. The highest BCUT2D eigenvalue weighted by atomic mass is 35.5. The van der Waals surface area contributed by atoms with Crippen LogP contribution in [-0.4, -0.2) is 31.8 Å². The number of H-pyrrole nitrogens is 1. The highest BCUT2D eigenvalue weighted by molar-refractivity contribution is 7.99. The summed E-state index contributed by atoms with van der Waals surface area (Å²) in [6, 6.07) is 11.8. The van der Waals surface area contributed by atoms with Crippen LogP contribution in [0.3, 0.4) is 0 Å². The molecule has 27 heavy (non-hydrogen) atoms. The van der Waals surface area contributed by atoms with Gasteiger partial charge in [-0.15, -0.1) is 5.10 Å². The van der Waals surface area contributed by atoms with E-state index in [4.69, 9.17) is 11.6 Å². The number of nitro benzene ring substituents is 1. The number of aromatic nitrogens is 3. The Bertz CT molecular complexity index is 990. The van der Waals surface area contributed by atoms with Crippen LogP contribution in [0.4, 0.5) is 11.4 Å². The number of halogens is 1. The molecule has 0 radical (unpaired) electrons. The number of anilines is 1. The van der Waals surface area contributed by atoms with E-state index in [1.807, 2.05) is 31.2 Å². The Hall–Kier alpha value is -2.91. The van der Waals surface area contributed by atoms with E-state index >= 15 is 0 Å². The molecule has 2 N–H and O–H groups in total. The Labute approximate surface area is 163 Å². The number of carbonyl (C=O) groups excluding carboxylic acids is 1. The van der Waals surface area contributed by atoms with Gasteiger partial charge in [0, 0.05) is 16.7 Å². The van der Waals surface area contributed by atoms with Crippen molar-refractivity contribution in [3.8, 4) is 11.4 Å². The fraction of sp³-hybridized carbons (Fsp3) is 0.118. The quantitative estimate of drug-likeness (QED) is 0.364. The van der Waals surface area contributed by atoms with E-state index in [0.29, 0.717) is 16.0 Å². The van der Waals surface area contributed by atoms with Crippen LogP contribution in [0.2, 0.25) is 5.02 Å². The molecule has 138 valence electrons. The molecular weight excluding hydrogens is 390 g/mol. The summed E-state index contributed by atoms with van der Waals surface area (Å²) in [5, 5.41) is 21.1. The molecule has 1 aromatic heterocycles. The molecule has 0 saturated heterocycles. The monoisotopic (exact) mass is 403 g/mol. The minimum absolute atomic E-state index is 0.00510. The molecule has 3 rings (SSSR count). The first-order valence-corrected chi connectivity index (χ1v) is 9.15. The summed E-state index contributed by atoms with van der Waals surface area (Å²) in [6.07, 6.45) is 0. The van der Waals surface area contributed by atoms with Gasteiger partial charge in [-0.2, -0.15) is 0 Å². The first-order chi connectivity index (χ1) is 12.9. The lowest BCUT2D eigenvalue weighted by Crippen LogP contribution is -2.15. The van der Waals surface area contributed by atoms with Crippen LogP contribution in [0.1, 0.15) is 5.56 Å². The third-order valence-electron chi connectivity index (χ3n) is 3.55.